The summed E-state index contributed by atoms with van der Waals surface area (Å²) in [7, 11) is 0. The number of hydrogen-bond acceptors (Lipinski definition) is 1. The van der Waals surface area contributed by atoms with E-state index < -0.39 is 0 Å². The van der Waals surface area contributed by atoms with Gasteiger partial charge in [-0.25, -0.2) is 0 Å². The molecule has 0 aliphatic heterocycles. The Labute approximate surface area is 90.6 Å². The first-order valence-corrected chi connectivity index (χ1v) is 5.21. The molecule has 0 bridgehead atoms. The maximum absolute atomic E-state index is 5.74. The number of anilines is 1. The third kappa shape index (κ3) is 2.84. The van der Waals surface area contributed by atoms with Crippen LogP contribution in [0.1, 0.15) is 12.0 Å². The van der Waals surface area contributed by atoms with Crippen LogP contribution in [0, 0.1) is 0 Å². The predicted octanol–water partition coefficient (Wildman–Crippen LogP) is 3.25. The van der Waals surface area contributed by atoms with Gasteiger partial charge in [0.2, 0.25) is 0 Å². The maximum Gasteiger partial charge on any atom is 0.0316 e. The monoisotopic (exact) mass is 197 g/mol. The summed E-state index contributed by atoms with van der Waals surface area (Å²) in [5.74, 6) is 0. The molecule has 2 rings (SSSR count). The molecule has 0 radical (unpaired) electrons. The van der Waals surface area contributed by atoms with Gasteiger partial charge in [-0.2, -0.15) is 0 Å². The lowest BCUT2D eigenvalue weighted by molar-refractivity contribution is 1.17. The SMILES string of the molecule is Nc1cccc(CC2=CCC=CC=C2)c1. The summed E-state index contributed by atoms with van der Waals surface area (Å²) in [6.45, 7) is 0. The molecule has 2 N–H and O–H groups in total. The van der Waals surface area contributed by atoms with Gasteiger partial charge in [-0.05, 0) is 36.1 Å². The largest absolute Gasteiger partial charge is 0.399 e. The lowest BCUT2D eigenvalue weighted by atomic mass is 10.0. The van der Waals surface area contributed by atoms with E-state index in [1.54, 1.807) is 0 Å². The number of nitrogen functional groups attached to an aromatic ring is 1. The Balaban J connectivity index is 2.12. The van der Waals surface area contributed by atoms with Crippen molar-refractivity contribution >= 4 is 5.69 Å². The van der Waals surface area contributed by atoms with Crippen LogP contribution in [0.25, 0.3) is 0 Å². The van der Waals surface area contributed by atoms with Crippen molar-refractivity contribution in [2.75, 3.05) is 5.73 Å². The summed E-state index contributed by atoms with van der Waals surface area (Å²) >= 11 is 0. The minimum absolute atomic E-state index is 0.837. The second-order valence-corrected chi connectivity index (χ2v) is 3.72. The topological polar surface area (TPSA) is 26.0 Å². The van der Waals surface area contributed by atoms with Crippen molar-refractivity contribution in [3.8, 4) is 0 Å². The number of benzene rings is 1. The van der Waals surface area contributed by atoms with Gasteiger partial charge in [0, 0.05) is 5.69 Å². The van der Waals surface area contributed by atoms with E-state index in [0.717, 1.165) is 18.5 Å². The molecule has 0 fully saturated rings. The molecular weight excluding hydrogens is 182 g/mol. The van der Waals surface area contributed by atoms with Crippen LogP contribution in [-0.2, 0) is 6.42 Å². The average molecular weight is 197 g/mol. The highest BCUT2D eigenvalue weighted by Gasteiger charge is 1.97. The van der Waals surface area contributed by atoms with Crippen LogP contribution in [0.5, 0.6) is 0 Å². The van der Waals surface area contributed by atoms with E-state index in [2.05, 4.69) is 36.4 Å². The Morgan fingerprint density at radius 3 is 3.00 bits per heavy atom. The van der Waals surface area contributed by atoms with Crippen molar-refractivity contribution < 1.29 is 0 Å². The van der Waals surface area contributed by atoms with Gasteiger partial charge in [-0.3, -0.25) is 0 Å². The van der Waals surface area contributed by atoms with Gasteiger partial charge in [0.15, 0.2) is 0 Å². The van der Waals surface area contributed by atoms with Gasteiger partial charge >= 0.3 is 0 Å². The van der Waals surface area contributed by atoms with Crippen LogP contribution >= 0.6 is 0 Å². The zero-order valence-corrected chi connectivity index (χ0v) is 8.69. The molecular formula is C14H15N. The summed E-state index contributed by atoms with van der Waals surface area (Å²) in [4.78, 5) is 0. The van der Waals surface area contributed by atoms with E-state index in [1.807, 2.05) is 18.2 Å². The molecule has 0 heterocycles. The molecule has 1 nitrogen and oxygen atoms in total. The first-order valence-electron chi connectivity index (χ1n) is 5.21. The molecule has 1 aromatic rings. The van der Waals surface area contributed by atoms with Crippen molar-refractivity contribution in [1.82, 2.24) is 0 Å². The Hall–Kier alpha value is -1.76. The first kappa shape index (κ1) is 9.78. The fourth-order valence-corrected chi connectivity index (χ4v) is 1.69. The van der Waals surface area contributed by atoms with Crippen molar-refractivity contribution in [2.24, 2.45) is 0 Å². The van der Waals surface area contributed by atoms with Crippen LogP contribution in [-0.4, -0.2) is 0 Å². The molecule has 0 aromatic heterocycles. The summed E-state index contributed by atoms with van der Waals surface area (Å²) in [5, 5.41) is 0. The van der Waals surface area contributed by atoms with E-state index in [-0.39, 0.29) is 0 Å². The quantitative estimate of drug-likeness (QED) is 0.723. The van der Waals surface area contributed by atoms with E-state index in [0.29, 0.717) is 0 Å². The standard InChI is InChI=1S/C14H15N/c15-14-9-5-8-13(11-14)10-12-6-3-1-2-4-7-12/h1-3,5-9,11H,4,10,15H2. The Bertz CT molecular complexity index is 425. The smallest absolute Gasteiger partial charge is 0.0316 e. The van der Waals surface area contributed by atoms with Crippen LogP contribution in [0.3, 0.4) is 0 Å². The molecule has 76 valence electrons. The van der Waals surface area contributed by atoms with Gasteiger partial charge in [0.1, 0.15) is 0 Å². The third-order valence-electron chi connectivity index (χ3n) is 2.43. The lowest BCUT2D eigenvalue weighted by Crippen LogP contribution is -1.90. The number of hydrogen-bond donors (Lipinski definition) is 1. The second kappa shape index (κ2) is 4.65. The normalized spacial score (nSPS) is 14.8. The molecule has 1 heteroatoms. The molecule has 0 saturated heterocycles. The van der Waals surface area contributed by atoms with Crippen LogP contribution in [0.2, 0.25) is 0 Å². The van der Waals surface area contributed by atoms with E-state index in [1.165, 1.54) is 11.1 Å². The molecule has 0 spiro atoms. The maximum atomic E-state index is 5.74. The molecule has 0 saturated carbocycles. The fraction of sp³-hybridized carbons (Fsp3) is 0.143. The van der Waals surface area contributed by atoms with Gasteiger partial charge in [-0.1, -0.05) is 42.5 Å². The molecule has 1 aliphatic carbocycles. The fourth-order valence-electron chi connectivity index (χ4n) is 1.69. The highest BCUT2D eigenvalue weighted by atomic mass is 14.5. The highest BCUT2D eigenvalue weighted by Crippen LogP contribution is 2.14. The van der Waals surface area contributed by atoms with Crippen LogP contribution in [0.4, 0.5) is 5.69 Å². The molecule has 0 atom stereocenters. The Morgan fingerprint density at radius 2 is 2.13 bits per heavy atom. The summed E-state index contributed by atoms with van der Waals surface area (Å²) in [6, 6.07) is 8.07. The van der Waals surface area contributed by atoms with Crippen molar-refractivity contribution in [3.05, 3.63) is 65.8 Å². The van der Waals surface area contributed by atoms with E-state index in [9.17, 15) is 0 Å². The second-order valence-electron chi connectivity index (χ2n) is 3.72. The molecule has 0 unspecified atom stereocenters. The number of allylic oxidation sites excluding steroid dienone is 6. The Kier molecular flexibility index (Phi) is 3.03. The van der Waals surface area contributed by atoms with Crippen molar-refractivity contribution in [2.45, 2.75) is 12.8 Å². The number of rotatable bonds is 2. The molecule has 1 aliphatic rings. The van der Waals surface area contributed by atoms with Gasteiger partial charge in [-0.15, -0.1) is 0 Å². The minimum atomic E-state index is 0.837. The van der Waals surface area contributed by atoms with Crippen molar-refractivity contribution in [1.29, 1.82) is 0 Å². The van der Waals surface area contributed by atoms with Gasteiger partial charge in [0.25, 0.3) is 0 Å². The van der Waals surface area contributed by atoms with E-state index >= 15 is 0 Å². The predicted molar refractivity (Wildman–Crippen MR) is 65.5 cm³/mol. The summed E-state index contributed by atoms with van der Waals surface area (Å²) in [5.41, 5.74) is 9.21. The van der Waals surface area contributed by atoms with Gasteiger partial charge < -0.3 is 5.73 Å². The van der Waals surface area contributed by atoms with Crippen LogP contribution in [0.15, 0.2) is 60.2 Å². The Morgan fingerprint density at radius 1 is 1.20 bits per heavy atom. The summed E-state index contributed by atoms with van der Waals surface area (Å²) in [6.07, 6.45) is 12.7. The third-order valence-corrected chi connectivity index (χ3v) is 2.43. The molecule has 1 aromatic carbocycles. The molecule has 0 amide bonds. The van der Waals surface area contributed by atoms with Gasteiger partial charge in [0.05, 0.1) is 0 Å². The first-order chi connectivity index (χ1) is 7.34. The zero-order chi connectivity index (χ0) is 10.5. The number of nitrogens with two attached hydrogens (primary N) is 1. The minimum Gasteiger partial charge on any atom is -0.399 e. The lowest BCUT2D eigenvalue weighted by Gasteiger charge is -2.03. The summed E-state index contributed by atoms with van der Waals surface area (Å²) < 4.78 is 0. The van der Waals surface area contributed by atoms with Crippen molar-refractivity contribution in [3.63, 3.8) is 0 Å². The zero-order valence-electron chi connectivity index (χ0n) is 8.69. The highest BCUT2D eigenvalue weighted by molar-refractivity contribution is 5.43. The average Bonchev–Trinajstić information content (AvgIpc) is 2.46. The van der Waals surface area contributed by atoms with Crippen LogP contribution < -0.4 is 5.73 Å². The molecule has 15 heavy (non-hydrogen) atoms. The van der Waals surface area contributed by atoms with E-state index in [4.69, 9.17) is 5.73 Å².